The maximum Gasteiger partial charge on any atom is 0.219 e. The molecule has 92 valence electrons. The molecule has 0 spiro atoms. The molecule has 4 heteroatoms. The number of nitrogens with two attached hydrogens (primary N) is 1. The fraction of sp³-hybridized carbons (Fsp3) is 0.143. The average molecular weight is 241 g/mol. The Morgan fingerprint density at radius 3 is 2.61 bits per heavy atom. The topological polar surface area (TPSA) is 72.0 Å². The van der Waals surface area contributed by atoms with Crippen molar-refractivity contribution in [2.75, 3.05) is 0 Å². The first-order valence-corrected chi connectivity index (χ1v) is 5.62. The lowest BCUT2D eigenvalue weighted by Crippen LogP contribution is -2.11. The Labute approximate surface area is 106 Å². The van der Waals surface area contributed by atoms with Crippen molar-refractivity contribution in [3.8, 4) is 11.6 Å². The zero-order valence-electron chi connectivity index (χ0n) is 10.4. The van der Waals surface area contributed by atoms with Crippen LogP contribution in [0.1, 0.15) is 16.7 Å². The van der Waals surface area contributed by atoms with E-state index in [1.54, 1.807) is 18.3 Å². The molecule has 1 heterocycles. The van der Waals surface area contributed by atoms with E-state index in [1.165, 1.54) is 5.56 Å². The van der Waals surface area contributed by atoms with Gasteiger partial charge in [-0.1, -0.05) is 6.07 Å². The molecule has 2 rings (SSSR count). The second-order valence-corrected chi connectivity index (χ2v) is 4.14. The lowest BCUT2D eigenvalue weighted by atomic mass is 10.1. The summed E-state index contributed by atoms with van der Waals surface area (Å²) in [6.07, 6.45) is 1.58. The van der Waals surface area contributed by atoms with Crippen molar-refractivity contribution in [2.45, 2.75) is 13.8 Å². The number of nitrogens with one attached hydrogen (secondary N) is 1. The van der Waals surface area contributed by atoms with Gasteiger partial charge >= 0.3 is 0 Å². The minimum absolute atomic E-state index is 0.00216. The second-order valence-electron chi connectivity index (χ2n) is 4.14. The number of benzene rings is 1. The summed E-state index contributed by atoms with van der Waals surface area (Å²) < 4.78 is 5.64. The summed E-state index contributed by atoms with van der Waals surface area (Å²) in [6, 6.07) is 9.18. The minimum atomic E-state index is 0.00216. The Hall–Kier alpha value is -2.36. The number of ether oxygens (including phenoxy) is 1. The van der Waals surface area contributed by atoms with Gasteiger partial charge in [-0.3, -0.25) is 5.41 Å². The van der Waals surface area contributed by atoms with E-state index in [1.807, 2.05) is 32.0 Å². The minimum Gasteiger partial charge on any atom is -0.439 e. The van der Waals surface area contributed by atoms with E-state index in [0.717, 1.165) is 11.3 Å². The summed E-state index contributed by atoms with van der Waals surface area (Å²) in [7, 11) is 0. The molecule has 0 bridgehead atoms. The fourth-order valence-electron chi connectivity index (χ4n) is 1.53. The Balaban J connectivity index is 2.25. The van der Waals surface area contributed by atoms with E-state index in [9.17, 15) is 0 Å². The first kappa shape index (κ1) is 12.1. The number of aromatic nitrogens is 1. The Kier molecular flexibility index (Phi) is 3.28. The molecule has 0 atom stereocenters. The number of pyridine rings is 1. The third kappa shape index (κ3) is 2.66. The number of hydrogen-bond donors (Lipinski definition) is 2. The van der Waals surface area contributed by atoms with Gasteiger partial charge in [-0.05, 0) is 43.2 Å². The summed E-state index contributed by atoms with van der Waals surface area (Å²) >= 11 is 0. The van der Waals surface area contributed by atoms with Gasteiger partial charge in [0.15, 0.2) is 0 Å². The van der Waals surface area contributed by atoms with Crippen molar-refractivity contribution < 1.29 is 4.74 Å². The van der Waals surface area contributed by atoms with Crippen LogP contribution in [-0.2, 0) is 0 Å². The molecule has 0 saturated carbocycles. The SMILES string of the molecule is Cc1ccc(Oc2cc(C(=N)N)ccn2)cc1C. The number of nitrogens with zero attached hydrogens (tertiary/aromatic N) is 1. The molecule has 0 unspecified atom stereocenters. The smallest absolute Gasteiger partial charge is 0.219 e. The lowest BCUT2D eigenvalue weighted by molar-refractivity contribution is 0.462. The van der Waals surface area contributed by atoms with Gasteiger partial charge in [0.1, 0.15) is 11.6 Å². The molecular weight excluding hydrogens is 226 g/mol. The molecule has 0 aliphatic rings. The van der Waals surface area contributed by atoms with Gasteiger partial charge in [-0.2, -0.15) is 0 Å². The molecule has 1 aromatic carbocycles. The van der Waals surface area contributed by atoms with Crippen LogP contribution in [0, 0.1) is 19.3 Å². The number of hydrogen-bond acceptors (Lipinski definition) is 3. The Morgan fingerprint density at radius 2 is 1.94 bits per heavy atom. The van der Waals surface area contributed by atoms with Crippen LogP contribution in [0.4, 0.5) is 0 Å². The Morgan fingerprint density at radius 1 is 1.17 bits per heavy atom. The van der Waals surface area contributed by atoms with E-state index in [4.69, 9.17) is 15.9 Å². The number of amidine groups is 1. The molecule has 0 amide bonds. The van der Waals surface area contributed by atoms with Gasteiger partial charge in [-0.15, -0.1) is 0 Å². The quantitative estimate of drug-likeness (QED) is 0.641. The summed E-state index contributed by atoms with van der Waals surface area (Å²) in [4.78, 5) is 4.09. The summed E-state index contributed by atoms with van der Waals surface area (Å²) in [5.74, 6) is 1.17. The normalized spacial score (nSPS) is 10.1. The largest absolute Gasteiger partial charge is 0.439 e. The van der Waals surface area contributed by atoms with Crippen LogP contribution in [0.2, 0.25) is 0 Å². The van der Waals surface area contributed by atoms with Gasteiger partial charge < -0.3 is 10.5 Å². The Bertz CT molecular complexity index is 593. The number of nitrogen functional groups attached to an aromatic ring is 1. The molecule has 0 fully saturated rings. The number of aryl methyl sites for hydroxylation is 2. The van der Waals surface area contributed by atoms with Crippen molar-refractivity contribution in [3.05, 3.63) is 53.2 Å². The van der Waals surface area contributed by atoms with Crippen LogP contribution in [-0.4, -0.2) is 10.8 Å². The average Bonchev–Trinajstić information content (AvgIpc) is 2.34. The van der Waals surface area contributed by atoms with E-state index >= 15 is 0 Å². The summed E-state index contributed by atoms with van der Waals surface area (Å²) in [5.41, 5.74) is 8.40. The zero-order valence-corrected chi connectivity index (χ0v) is 10.4. The van der Waals surface area contributed by atoms with Gasteiger partial charge in [-0.25, -0.2) is 4.98 Å². The molecule has 0 aliphatic carbocycles. The molecule has 0 aliphatic heterocycles. The van der Waals surface area contributed by atoms with Crippen LogP contribution in [0.3, 0.4) is 0 Å². The second kappa shape index (κ2) is 4.87. The van der Waals surface area contributed by atoms with E-state index in [-0.39, 0.29) is 5.84 Å². The van der Waals surface area contributed by atoms with Crippen molar-refractivity contribution in [2.24, 2.45) is 5.73 Å². The highest BCUT2D eigenvalue weighted by Crippen LogP contribution is 2.22. The van der Waals surface area contributed by atoms with Crippen molar-refractivity contribution >= 4 is 5.84 Å². The van der Waals surface area contributed by atoms with Crippen LogP contribution in [0.25, 0.3) is 0 Å². The zero-order chi connectivity index (χ0) is 13.1. The van der Waals surface area contributed by atoms with Gasteiger partial charge in [0.25, 0.3) is 0 Å². The van der Waals surface area contributed by atoms with Crippen molar-refractivity contribution in [1.82, 2.24) is 4.98 Å². The van der Waals surface area contributed by atoms with Gasteiger partial charge in [0.05, 0.1) is 0 Å². The highest BCUT2D eigenvalue weighted by Gasteiger charge is 2.03. The molecule has 18 heavy (non-hydrogen) atoms. The standard InChI is InChI=1S/C14H15N3O/c1-9-3-4-12(7-10(9)2)18-13-8-11(14(15)16)5-6-17-13/h3-8H,1-2H3,(H3,15,16). The highest BCUT2D eigenvalue weighted by atomic mass is 16.5. The molecule has 2 aromatic rings. The van der Waals surface area contributed by atoms with Crippen LogP contribution >= 0.6 is 0 Å². The molecule has 0 radical (unpaired) electrons. The molecule has 4 nitrogen and oxygen atoms in total. The maximum atomic E-state index is 7.37. The lowest BCUT2D eigenvalue weighted by Gasteiger charge is -2.08. The van der Waals surface area contributed by atoms with Crippen LogP contribution < -0.4 is 10.5 Å². The predicted octanol–water partition coefficient (Wildman–Crippen LogP) is 2.77. The van der Waals surface area contributed by atoms with Crippen molar-refractivity contribution in [1.29, 1.82) is 5.41 Å². The van der Waals surface area contributed by atoms with Gasteiger partial charge in [0, 0.05) is 17.8 Å². The molecule has 3 N–H and O–H groups in total. The number of rotatable bonds is 3. The first-order chi connectivity index (χ1) is 8.56. The van der Waals surface area contributed by atoms with Crippen molar-refractivity contribution in [3.63, 3.8) is 0 Å². The molecule has 0 saturated heterocycles. The van der Waals surface area contributed by atoms with E-state index in [2.05, 4.69) is 4.98 Å². The maximum absolute atomic E-state index is 7.37. The fourth-order valence-corrected chi connectivity index (χ4v) is 1.53. The van der Waals surface area contributed by atoms with Crippen LogP contribution in [0.15, 0.2) is 36.5 Å². The predicted molar refractivity (Wildman–Crippen MR) is 71.2 cm³/mol. The highest BCUT2D eigenvalue weighted by molar-refractivity contribution is 5.95. The third-order valence-corrected chi connectivity index (χ3v) is 2.75. The molecule has 1 aromatic heterocycles. The van der Waals surface area contributed by atoms with E-state index in [0.29, 0.717) is 11.4 Å². The van der Waals surface area contributed by atoms with Crippen LogP contribution in [0.5, 0.6) is 11.6 Å². The third-order valence-electron chi connectivity index (χ3n) is 2.75. The molecular formula is C14H15N3O. The van der Waals surface area contributed by atoms with E-state index < -0.39 is 0 Å². The summed E-state index contributed by atoms with van der Waals surface area (Å²) in [5, 5.41) is 7.37. The monoisotopic (exact) mass is 241 g/mol. The first-order valence-electron chi connectivity index (χ1n) is 5.62. The van der Waals surface area contributed by atoms with Gasteiger partial charge in [0.2, 0.25) is 5.88 Å². The summed E-state index contributed by atoms with van der Waals surface area (Å²) in [6.45, 7) is 4.08.